The molecule has 0 saturated carbocycles. The zero-order valence-corrected chi connectivity index (χ0v) is 17.4. The number of benzene rings is 3. The summed E-state index contributed by atoms with van der Waals surface area (Å²) < 4.78 is 214. The van der Waals surface area contributed by atoms with Crippen molar-refractivity contribution in [3.8, 4) is 0 Å². The topological polar surface area (TPSA) is 17.1 Å². The van der Waals surface area contributed by atoms with Gasteiger partial charge in [0, 0.05) is 0 Å². The van der Waals surface area contributed by atoms with E-state index in [0.29, 0.717) is 0 Å². The van der Waals surface area contributed by atoms with Gasteiger partial charge in [0.15, 0.2) is 0 Å². The van der Waals surface area contributed by atoms with Crippen molar-refractivity contribution in [3.05, 3.63) is 87.3 Å². The molecule has 0 aliphatic rings. The van der Waals surface area contributed by atoms with E-state index in [-0.39, 0.29) is 0 Å². The molecule has 17 heteroatoms. The van der Waals surface area contributed by atoms with E-state index in [1.807, 2.05) is 0 Å². The van der Waals surface area contributed by atoms with Crippen molar-refractivity contribution in [2.24, 2.45) is 0 Å². The summed E-state index contributed by atoms with van der Waals surface area (Å²) in [7, 11) is 0. The number of halogens is 15. The van der Waals surface area contributed by atoms with Crippen molar-refractivity contribution in [1.82, 2.24) is 0 Å². The summed E-state index contributed by atoms with van der Waals surface area (Å²) >= 11 is -8.35. The molecule has 0 aliphatic carbocycles. The van der Waals surface area contributed by atoms with E-state index in [1.54, 1.807) is 0 Å². The Morgan fingerprint density at radius 3 is 0.514 bits per heavy atom. The minimum absolute atomic E-state index is 3.05. The summed E-state index contributed by atoms with van der Waals surface area (Å²) in [6.07, 6.45) is 0. The molecule has 0 atom stereocenters. The molecular weight excluding hydrogens is 592 g/mol. The van der Waals surface area contributed by atoms with Gasteiger partial charge >= 0.3 is 183 Å². The molecule has 0 fully saturated rings. The van der Waals surface area contributed by atoms with E-state index >= 15 is 0 Å². The second kappa shape index (κ2) is 8.57. The van der Waals surface area contributed by atoms with Crippen LogP contribution in [-0.2, 0) is 3.74 Å². The molecule has 35 heavy (non-hydrogen) atoms. The summed E-state index contributed by atoms with van der Waals surface area (Å²) in [4.78, 5) is 0. The third-order valence-corrected chi connectivity index (χ3v) is 10.9. The molecule has 0 unspecified atom stereocenters. The first-order valence-electron chi connectivity index (χ1n) is 8.19. The fourth-order valence-corrected chi connectivity index (χ4v) is 9.07. The summed E-state index contributed by atoms with van der Waals surface area (Å²) in [5, 5.41) is 0. The average molecular weight is 592 g/mol. The predicted molar refractivity (Wildman–Crippen MR) is 84.0 cm³/mol. The maximum atomic E-state index is 14.5. The Kier molecular flexibility index (Phi) is 6.51. The number of hydrogen-bond acceptors (Lipinski definition) is 1. The van der Waals surface area contributed by atoms with Crippen LogP contribution in [0.25, 0.3) is 0 Å². The van der Waals surface area contributed by atoms with Crippen molar-refractivity contribution in [2.45, 2.75) is 0 Å². The molecule has 3 aromatic rings. The first-order valence-corrected chi connectivity index (χ1v) is 11.8. The first-order chi connectivity index (χ1) is 16.0. The van der Waals surface area contributed by atoms with Crippen LogP contribution in [0.4, 0.5) is 65.9 Å². The molecule has 0 radical (unpaired) electrons. The Hall–Kier alpha value is -3.03. The molecule has 3 aromatic carbocycles. The quantitative estimate of drug-likeness (QED) is 0.193. The standard InChI is InChI=1S/C18AsF15O/c20-4-1(5(21)11(27)16(32)10(4)26)19(35,2-6(22)12(28)17(33)13(29)7(2)23)3-8(24)14(30)18(34)15(31)9(3)25. The molecule has 0 aromatic heterocycles. The number of hydrogen-bond donors (Lipinski definition) is 0. The van der Waals surface area contributed by atoms with Gasteiger partial charge in [-0.1, -0.05) is 0 Å². The average Bonchev–Trinajstić information content (AvgIpc) is 2.81. The maximum absolute atomic E-state index is 14.5. The van der Waals surface area contributed by atoms with Gasteiger partial charge < -0.3 is 0 Å². The van der Waals surface area contributed by atoms with Crippen molar-refractivity contribution in [1.29, 1.82) is 0 Å². The molecule has 0 N–H and O–H groups in total. The molecule has 0 spiro atoms. The van der Waals surface area contributed by atoms with Crippen LogP contribution in [0, 0.1) is 87.3 Å². The zero-order valence-electron chi connectivity index (χ0n) is 15.5. The third kappa shape index (κ3) is 3.44. The molecule has 0 aliphatic heterocycles. The van der Waals surface area contributed by atoms with Gasteiger partial charge in [0.25, 0.3) is 0 Å². The molecule has 3 rings (SSSR count). The van der Waals surface area contributed by atoms with Gasteiger partial charge in [-0.15, -0.1) is 0 Å². The summed E-state index contributed by atoms with van der Waals surface area (Å²) in [6, 6.07) is 0. The van der Waals surface area contributed by atoms with Crippen LogP contribution in [-0.4, -0.2) is 13.5 Å². The van der Waals surface area contributed by atoms with E-state index in [1.165, 1.54) is 0 Å². The molecule has 1 nitrogen and oxygen atoms in total. The molecular formula is C18AsF15O. The minimum atomic E-state index is -8.35. The van der Waals surface area contributed by atoms with Gasteiger partial charge in [0.1, 0.15) is 0 Å². The van der Waals surface area contributed by atoms with Gasteiger partial charge in [0.05, 0.1) is 0 Å². The Morgan fingerprint density at radius 1 is 0.257 bits per heavy atom. The van der Waals surface area contributed by atoms with Crippen LogP contribution < -0.4 is 13.1 Å². The molecule has 188 valence electrons. The van der Waals surface area contributed by atoms with E-state index < -0.39 is 114 Å². The van der Waals surface area contributed by atoms with Gasteiger partial charge in [-0.05, 0) is 0 Å². The van der Waals surface area contributed by atoms with Crippen LogP contribution in [0.1, 0.15) is 0 Å². The molecule has 0 heterocycles. The third-order valence-electron chi connectivity index (χ3n) is 4.50. The summed E-state index contributed by atoms with van der Waals surface area (Å²) in [5.41, 5.74) is 0. The normalized spacial score (nSPS) is 12.0. The Balaban J connectivity index is 2.80. The van der Waals surface area contributed by atoms with Crippen LogP contribution in [0.3, 0.4) is 0 Å². The molecule has 0 amide bonds. The van der Waals surface area contributed by atoms with Gasteiger partial charge in [-0.3, -0.25) is 0 Å². The van der Waals surface area contributed by atoms with Crippen LogP contribution in [0.15, 0.2) is 0 Å². The fraction of sp³-hybridized carbons (Fsp3) is 0. The monoisotopic (exact) mass is 592 g/mol. The second-order valence-corrected chi connectivity index (χ2v) is 11.7. The summed E-state index contributed by atoms with van der Waals surface area (Å²) in [6.45, 7) is 0. The SMILES string of the molecule is O=[As](c1c(F)c(F)c(F)c(F)c1F)(c1c(F)c(F)c(F)c(F)c1F)c1c(F)c(F)c(F)c(F)c1F. The Bertz CT molecular complexity index is 1220. The van der Waals surface area contributed by atoms with E-state index in [2.05, 4.69) is 0 Å². The Labute approximate surface area is 184 Å². The van der Waals surface area contributed by atoms with Crippen molar-refractivity contribution in [3.63, 3.8) is 0 Å². The van der Waals surface area contributed by atoms with E-state index in [0.717, 1.165) is 0 Å². The van der Waals surface area contributed by atoms with Gasteiger partial charge in [-0.25, -0.2) is 0 Å². The second-order valence-electron chi connectivity index (χ2n) is 6.36. The Morgan fingerprint density at radius 2 is 0.371 bits per heavy atom. The van der Waals surface area contributed by atoms with E-state index in [4.69, 9.17) is 0 Å². The fourth-order valence-electron chi connectivity index (χ4n) is 2.94. The van der Waals surface area contributed by atoms with E-state index in [9.17, 15) is 69.6 Å². The van der Waals surface area contributed by atoms with Crippen molar-refractivity contribution in [2.75, 3.05) is 0 Å². The van der Waals surface area contributed by atoms with Gasteiger partial charge in [0.2, 0.25) is 0 Å². The predicted octanol–water partition coefficient (Wildman–Crippen LogP) is 4.17. The summed E-state index contributed by atoms with van der Waals surface area (Å²) in [5.74, 6) is -48.1. The molecule has 0 saturated heterocycles. The first kappa shape index (κ1) is 26.6. The van der Waals surface area contributed by atoms with Gasteiger partial charge in [-0.2, -0.15) is 0 Å². The van der Waals surface area contributed by atoms with Crippen LogP contribution in [0.2, 0.25) is 0 Å². The number of rotatable bonds is 3. The molecule has 0 bridgehead atoms. The van der Waals surface area contributed by atoms with Crippen molar-refractivity contribution < 1.29 is 69.6 Å². The van der Waals surface area contributed by atoms with Crippen LogP contribution >= 0.6 is 0 Å². The van der Waals surface area contributed by atoms with Crippen molar-refractivity contribution >= 4 is 26.5 Å². The zero-order chi connectivity index (χ0) is 26.9. The van der Waals surface area contributed by atoms with Crippen LogP contribution in [0.5, 0.6) is 0 Å².